The topological polar surface area (TPSA) is 51.6 Å². The molecule has 80 valence electrons. The van der Waals surface area contributed by atoms with Crippen LogP contribution in [-0.2, 0) is 15.1 Å². The normalized spacial score (nSPS) is 33.6. The molecule has 0 bridgehead atoms. The molecule has 5 heteroatoms. The van der Waals surface area contributed by atoms with E-state index < -0.39 is 11.9 Å². The van der Waals surface area contributed by atoms with E-state index in [9.17, 15) is 5.11 Å². The van der Waals surface area contributed by atoms with Crippen molar-refractivity contribution in [2.45, 2.75) is 18.3 Å². The summed E-state index contributed by atoms with van der Waals surface area (Å²) in [6.45, 7) is 1.11. The molecule has 0 aromatic carbocycles. The lowest BCUT2D eigenvalue weighted by Crippen LogP contribution is -2.25. The van der Waals surface area contributed by atoms with Crippen molar-refractivity contribution in [3.8, 4) is 0 Å². The first-order valence-electron chi connectivity index (χ1n) is 4.81. The molecular weight excluding hydrogens is 218 g/mol. The second-order valence-corrected chi connectivity index (χ2v) is 4.25. The molecule has 3 heterocycles. The molecule has 15 heavy (non-hydrogen) atoms. The molecule has 1 aromatic rings. The molecule has 1 fully saturated rings. The lowest BCUT2D eigenvalue weighted by atomic mass is 9.93. The monoisotopic (exact) mass is 227 g/mol. The number of aliphatic hydroxyl groups excluding tert-OH is 1. The summed E-state index contributed by atoms with van der Waals surface area (Å²) in [6, 6.07) is 1.75. The fraction of sp³-hybridized carbons (Fsp3) is 0.500. The van der Waals surface area contributed by atoms with Crippen LogP contribution in [0.15, 0.2) is 12.3 Å². The highest BCUT2D eigenvalue weighted by Gasteiger charge is 2.47. The number of ether oxygens (including phenoxy) is 2. The van der Waals surface area contributed by atoms with E-state index in [1.54, 1.807) is 12.3 Å². The van der Waals surface area contributed by atoms with Crippen molar-refractivity contribution in [2.24, 2.45) is 0 Å². The highest BCUT2D eigenvalue weighted by Crippen LogP contribution is 2.47. The van der Waals surface area contributed by atoms with Gasteiger partial charge >= 0.3 is 0 Å². The van der Waals surface area contributed by atoms with Crippen LogP contribution in [-0.4, -0.2) is 23.3 Å². The quantitative estimate of drug-likeness (QED) is 0.681. The second kappa shape index (κ2) is 3.15. The number of fused-ring (bicyclic) bond motifs is 2. The van der Waals surface area contributed by atoms with Gasteiger partial charge < -0.3 is 14.6 Å². The van der Waals surface area contributed by atoms with E-state index in [1.165, 1.54) is 0 Å². The van der Waals surface area contributed by atoms with Crippen molar-refractivity contribution in [1.29, 1.82) is 0 Å². The SMILES string of the molecule is OC1OC2(CCOC2)c2cc(Cl)ncc21. The Labute approximate surface area is 91.8 Å². The third-order valence-corrected chi connectivity index (χ3v) is 3.19. The van der Waals surface area contributed by atoms with Crippen LogP contribution in [0.25, 0.3) is 0 Å². The lowest BCUT2D eigenvalue weighted by molar-refractivity contribution is -0.171. The summed E-state index contributed by atoms with van der Waals surface area (Å²) in [5, 5.41) is 10.2. The molecule has 1 spiro atoms. The zero-order valence-electron chi connectivity index (χ0n) is 7.94. The van der Waals surface area contributed by atoms with Gasteiger partial charge in [-0.2, -0.15) is 0 Å². The van der Waals surface area contributed by atoms with E-state index in [2.05, 4.69) is 4.98 Å². The van der Waals surface area contributed by atoms with E-state index in [-0.39, 0.29) is 0 Å². The first-order chi connectivity index (χ1) is 7.21. The predicted octanol–water partition coefficient (Wildman–Crippen LogP) is 1.37. The molecule has 2 unspecified atom stereocenters. The van der Waals surface area contributed by atoms with E-state index in [4.69, 9.17) is 21.1 Å². The molecule has 2 aliphatic rings. The molecule has 0 aliphatic carbocycles. The predicted molar refractivity (Wildman–Crippen MR) is 52.4 cm³/mol. The Morgan fingerprint density at radius 2 is 2.47 bits per heavy atom. The van der Waals surface area contributed by atoms with Crippen molar-refractivity contribution in [3.05, 3.63) is 28.5 Å². The summed E-state index contributed by atoms with van der Waals surface area (Å²) in [7, 11) is 0. The van der Waals surface area contributed by atoms with Gasteiger partial charge in [0, 0.05) is 24.8 Å². The van der Waals surface area contributed by atoms with Crippen molar-refractivity contribution in [1.82, 2.24) is 4.98 Å². The average Bonchev–Trinajstić information content (AvgIpc) is 2.76. The van der Waals surface area contributed by atoms with Crippen molar-refractivity contribution < 1.29 is 14.6 Å². The summed E-state index contributed by atoms with van der Waals surface area (Å²) in [5.74, 6) is 0. The maximum absolute atomic E-state index is 9.74. The molecule has 4 nitrogen and oxygen atoms in total. The molecule has 1 saturated heterocycles. The van der Waals surface area contributed by atoms with Crippen LogP contribution in [0.1, 0.15) is 23.8 Å². The Hall–Kier alpha value is -0.680. The molecular formula is C10H10ClNO3. The smallest absolute Gasteiger partial charge is 0.184 e. The van der Waals surface area contributed by atoms with Crippen LogP contribution in [0, 0.1) is 0 Å². The van der Waals surface area contributed by atoms with E-state index in [1.807, 2.05) is 0 Å². The van der Waals surface area contributed by atoms with Gasteiger partial charge in [0.15, 0.2) is 6.29 Å². The molecule has 3 rings (SSSR count). The van der Waals surface area contributed by atoms with E-state index in [0.717, 1.165) is 12.0 Å². The van der Waals surface area contributed by atoms with Crippen LogP contribution in [0.3, 0.4) is 0 Å². The first-order valence-corrected chi connectivity index (χ1v) is 5.19. The molecule has 0 amide bonds. The number of rotatable bonds is 0. The van der Waals surface area contributed by atoms with Crippen LogP contribution >= 0.6 is 11.6 Å². The van der Waals surface area contributed by atoms with Gasteiger partial charge in [0.1, 0.15) is 10.8 Å². The standard InChI is InChI=1S/C10H10ClNO3/c11-8-3-7-6(4-12-8)9(13)15-10(7)1-2-14-5-10/h3-4,9,13H,1-2,5H2. The number of hydrogen-bond donors (Lipinski definition) is 1. The zero-order chi connectivity index (χ0) is 10.5. The summed E-state index contributed by atoms with van der Waals surface area (Å²) in [6.07, 6.45) is 1.40. The average molecular weight is 228 g/mol. The Kier molecular flexibility index (Phi) is 2.01. The second-order valence-electron chi connectivity index (χ2n) is 3.86. The highest BCUT2D eigenvalue weighted by atomic mass is 35.5. The van der Waals surface area contributed by atoms with Crippen LogP contribution in [0.4, 0.5) is 0 Å². The minimum absolute atomic E-state index is 0.415. The largest absolute Gasteiger partial charge is 0.378 e. The van der Waals surface area contributed by atoms with Gasteiger partial charge in [0.25, 0.3) is 0 Å². The first kappa shape index (κ1) is 9.54. The summed E-state index contributed by atoms with van der Waals surface area (Å²) >= 11 is 5.84. The number of halogens is 1. The number of aromatic nitrogens is 1. The molecule has 0 radical (unpaired) electrons. The maximum atomic E-state index is 9.74. The Bertz CT molecular complexity index is 404. The van der Waals surface area contributed by atoms with Gasteiger partial charge in [-0.25, -0.2) is 4.98 Å². The van der Waals surface area contributed by atoms with Crippen molar-refractivity contribution in [2.75, 3.05) is 13.2 Å². The van der Waals surface area contributed by atoms with Crippen LogP contribution in [0.2, 0.25) is 5.15 Å². The summed E-state index contributed by atoms with van der Waals surface area (Å²) in [4.78, 5) is 3.94. The Morgan fingerprint density at radius 1 is 1.60 bits per heavy atom. The number of pyridine rings is 1. The molecule has 1 N–H and O–H groups in total. The Balaban J connectivity index is 2.15. The highest BCUT2D eigenvalue weighted by molar-refractivity contribution is 6.29. The van der Waals surface area contributed by atoms with Crippen molar-refractivity contribution >= 4 is 11.6 Å². The fourth-order valence-corrected chi connectivity index (χ4v) is 2.38. The minimum atomic E-state index is -0.911. The zero-order valence-corrected chi connectivity index (χ0v) is 8.70. The third-order valence-electron chi connectivity index (χ3n) is 2.98. The lowest BCUT2D eigenvalue weighted by Gasteiger charge is -2.21. The molecule has 2 atom stereocenters. The Morgan fingerprint density at radius 3 is 3.20 bits per heavy atom. The fourth-order valence-electron chi connectivity index (χ4n) is 2.22. The minimum Gasteiger partial charge on any atom is -0.378 e. The van der Waals surface area contributed by atoms with Crippen molar-refractivity contribution in [3.63, 3.8) is 0 Å². The van der Waals surface area contributed by atoms with Crippen LogP contribution < -0.4 is 0 Å². The van der Waals surface area contributed by atoms with Gasteiger partial charge in [0.05, 0.1) is 6.61 Å². The summed E-state index contributed by atoms with van der Waals surface area (Å²) in [5.41, 5.74) is 1.10. The number of hydrogen-bond acceptors (Lipinski definition) is 4. The number of nitrogens with zero attached hydrogens (tertiary/aromatic N) is 1. The molecule has 2 aliphatic heterocycles. The van der Waals surface area contributed by atoms with Gasteiger partial charge in [-0.15, -0.1) is 0 Å². The number of aliphatic hydroxyl groups is 1. The van der Waals surface area contributed by atoms with Crippen LogP contribution in [0.5, 0.6) is 0 Å². The third kappa shape index (κ3) is 1.29. The van der Waals surface area contributed by atoms with Gasteiger partial charge in [-0.05, 0) is 11.6 Å². The molecule has 0 saturated carbocycles. The maximum Gasteiger partial charge on any atom is 0.184 e. The van der Waals surface area contributed by atoms with Gasteiger partial charge in [0.2, 0.25) is 0 Å². The van der Waals surface area contributed by atoms with E-state index in [0.29, 0.717) is 23.9 Å². The van der Waals surface area contributed by atoms with E-state index >= 15 is 0 Å². The van der Waals surface area contributed by atoms with Gasteiger partial charge in [-0.3, -0.25) is 0 Å². The van der Waals surface area contributed by atoms with Gasteiger partial charge in [-0.1, -0.05) is 11.6 Å². The summed E-state index contributed by atoms with van der Waals surface area (Å²) < 4.78 is 10.9. The molecule has 1 aromatic heterocycles.